The predicted octanol–water partition coefficient (Wildman–Crippen LogP) is 5.12. The van der Waals surface area contributed by atoms with Crippen molar-refractivity contribution < 1.29 is 4.74 Å². The van der Waals surface area contributed by atoms with Crippen LogP contribution in [0.4, 0.5) is 0 Å². The zero-order chi connectivity index (χ0) is 14.7. The van der Waals surface area contributed by atoms with Crippen LogP contribution in [-0.2, 0) is 6.42 Å². The summed E-state index contributed by atoms with van der Waals surface area (Å²) in [6.45, 7) is 0. The zero-order valence-corrected chi connectivity index (χ0v) is 14.8. The summed E-state index contributed by atoms with van der Waals surface area (Å²) in [6.07, 6.45) is 0.681. The summed E-state index contributed by atoms with van der Waals surface area (Å²) in [5.41, 5.74) is 8.34. The standard InChI is InChI=1S/C15H14Br2ClNO/c1-20-15-5-3-11(16)6-10(15)8-14(19)9-2-4-12(17)13(18)7-9/h2-7,14H,8,19H2,1H3. The molecule has 2 aromatic carbocycles. The number of benzene rings is 2. The first-order valence-electron chi connectivity index (χ1n) is 6.04. The Bertz CT molecular complexity index is 619. The molecular formula is C15H14Br2ClNO. The summed E-state index contributed by atoms with van der Waals surface area (Å²) in [5, 5.41) is 0.666. The molecule has 0 aliphatic carbocycles. The topological polar surface area (TPSA) is 35.2 Å². The number of hydrogen-bond acceptors (Lipinski definition) is 2. The molecule has 5 heteroatoms. The molecule has 106 valence electrons. The normalized spacial score (nSPS) is 12.2. The molecule has 0 aliphatic rings. The van der Waals surface area contributed by atoms with Crippen molar-refractivity contribution in [3.63, 3.8) is 0 Å². The molecule has 0 saturated heterocycles. The molecule has 0 radical (unpaired) electrons. The van der Waals surface area contributed by atoms with Gasteiger partial charge in [0.05, 0.1) is 12.1 Å². The molecule has 2 N–H and O–H groups in total. The highest BCUT2D eigenvalue weighted by Gasteiger charge is 2.12. The summed E-state index contributed by atoms with van der Waals surface area (Å²) < 4.78 is 7.25. The lowest BCUT2D eigenvalue weighted by Gasteiger charge is -2.15. The van der Waals surface area contributed by atoms with Crippen molar-refractivity contribution in [2.75, 3.05) is 7.11 Å². The van der Waals surface area contributed by atoms with Gasteiger partial charge in [-0.2, -0.15) is 0 Å². The first-order chi connectivity index (χ1) is 9.51. The third kappa shape index (κ3) is 3.76. The van der Waals surface area contributed by atoms with Gasteiger partial charge in [-0.15, -0.1) is 0 Å². The molecule has 0 aromatic heterocycles. The van der Waals surface area contributed by atoms with Gasteiger partial charge in [-0.1, -0.05) is 33.6 Å². The third-order valence-corrected chi connectivity index (χ3v) is 4.78. The Kier molecular flexibility index (Phi) is 5.49. The van der Waals surface area contributed by atoms with E-state index in [1.54, 1.807) is 7.11 Å². The van der Waals surface area contributed by atoms with Crippen molar-refractivity contribution in [3.05, 3.63) is 61.5 Å². The second kappa shape index (κ2) is 6.94. The Morgan fingerprint density at radius 1 is 1.20 bits per heavy atom. The van der Waals surface area contributed by atoms with Crippen LogP contribution in [0.15, 0.2) is 45.3 Å². The smallest absolute Gasteiger partial charge is 0.122 e. The van der Waals surface area contributed by atoms with Crippen LogP contribution in [0.3, 0.4) is 0 Å². The number of halogens is 3. The molecule has 0 aliphatic heterocycles. The molecule has 0 amide bonds. The molecule has 1 atom stereocenters. The quantitative estimate of drug-likeness (QED) is 0.747. The maximum Gasteiger partial charge on any atom is 0.122 e. The molecule has 0 fully saturated rings. The average Bonchev–Trinajstić information content (AvgIpc) is 2.42. The highest BCUT2D eigenvalue weighted by molar-refractivity contribution is 9.10. The number of ether oxygens (including phenoxy) is 1. The first-order valence-corrected chi connectivity index (χ1v) is 8.00. The average molecular weight is 420 g/mol. The van der Waals surface area contributed by atoms with Crippen LogP contribution in [0.1, 0.15) is 17.2 Å². The van der Waals surface area contributed by atoms with Gasteiger partial charge in [0.2, 0.25) is 0 Å². The summed E-state index contributed by atoms with van der Waals surface area (Å²) >= 11 is 13.0. The SMILES string of the molecule is COc1ccc(Br)cc1CC(N)c1ccc(Br)c(Cl)c1. The Balaban J connectivity index is 2.24. The van der Waals surface area contributed by atoms with Gasteiger partial charge in [0.15, 0.2) is 0 Å². The Morgan fingerprint density at radius 3 is 2.60 bits per heavy atom. The number of hydrogen-bond donors (Lipinski definition) is 1. The highest BCUT2D eigenvalue weighted by Crippen LogP contribution is 2.30. The zero-order valence-electron chi connectivity index (χ0n) is 10.9. The summed E-state index contributed by atoms with van der Waals surface area (Å²) in [6, 6.07) is 11.6. The third-order valence-electron chi connectivity index (χ3n) is 3.05. The van der Waals surface area contributed by atoms with Crippen molar-refractivity contribution in [1.82, 2.24) is 0 Å². The minimum absolute atomic E-state index is 0.135. The van der Waals surface area contributed by atoms with E-state index in [4.69, 9.17) is 22.1 Å². The monoisotopic (exact) mass is 417 g/mol. The molecule has 0 saturated carbocycles. The van der Waals surface area contributed by atoms with Crippen LogP contribution >= 0.6 is 43.5 Å². The summed E-state index contributed by atoms with van der Waals surface area (Å²) in [7, 11) is 1.66. The van der Waals surface area contributed by atoms with Gasteiger partial charge in [-0.25, -0.2) is 0 Å². The minimum atomic E-state index is -0.135. The molecule has 20 heavy (non-hydrogen) atoms. The predicted molar refractivity (Wildman–Crippen MR) is 90.5 cm³/mol. The molecule has 2 aromatic rings. The Morgan fingerprint density at radius 2 is 1.95 bits per heavy atom. The number of nitrogens with two attached hydrogens (primary N) is 1. The Labute approximate surface area is 140 Å². The van der Waals surface area contributed by atoms with E-state index < -0.39 is 0 Å². The van der Waals surface area contributed by atoms with E-state index in [2.05, 4.69) is 31.9 Å². The van der Waals surface area contributed by atoms with Gasteiger partial charge < -0.3 is 10.5 Å². The van der Waals surface area contributed by atoms with E-state index >= 15 is 0 Å². The van der Waals surface area contributed by atoms with E-state index in [1.807, 2.05) is 36.4 Å². The second-order valence-electron chi connectivity index (χ2n) is 4.44. The summed E-state index contributed by atoms with van der Waals surface area (Å²) in [4.78, 5) is 0. The number of rotatable bonds is 4. The van der Waals surface area contributed by atoms with Crippen LogP contribution in [0.25, 0.3) is 0 Å². The molecule has 2 nitrogen and oxygen atoms in total. The van der Waals surface area contributed by atoms with Crippen LogP contribution in [0, 0.1) is 0 Å². The van der Waals surface area contributed by atoms with Crippen LogP contribution in [-0.4, -0.2) is 7.11 Å². The fraction of sp³-hybridized carbons (Fsp3) is 0.200. The van der Waals surface area contributed by atoms with Crippen molar-refractivity contribution >= 4 is 43.5 Å². The van der Waals surface area contributed by atoms with E-state index in [9.17, 15) is 0 Å². The van der Waals surface area contributed by atoms with E-state index in [0.717, 1.165) is 25.8 Å². The maximum absolute atomic E-state index is 6.27. The van der Waals surface area contributed by atoms with E-state index in [-0.39, 0.29) is 6.04 Å². The van der Waals surface area contributed by atoms with Gasteiger partial charge in [0, 0.05) is 15.0 Å². The second-order valence-corrected chi connectivity index (χ2v) is 6.62. The molecule has 0 spiro atoms. The van der Waals surface area contributed by atoms with Crippen molar-refractivity contribution in [2.45, 2.75) is 12.5 Å². The molecular weight excluding hydrogens is 405 g/mol. The van der Waals surface area contributed by atoms with Gasteiger partial charge >= 0.3 is 0 Å². The van der Waals surface area contributed by atoms with Crippen molar-refractivity contribution in [2.24, 2.45) is 5.73 Å². The van der Waals surface area contributed by atoms with Crippen LogP contribution in [0.2, 0.25) is 5.02 Å². The van der Waals surface area contributed by atoms with E-state index in [1.165, 1.54) is 0 Å². The van der Waals surface area contributed by atoms with Gasteiger partial charge in [0.1, 0.15) is 5.75 Å². The largest absolute Gasteiger partial charge is 0.496 e. The molecule has 2 rings (SSSR count). The fourth-order valence-electron chi connectivity index (χ4n) is 2.00. The van der Waals surface area contributed by atoms with Gasteiger partial charge in [0.25, 0.3) is 0 Å². The lowest BCUT2D eigenvalue weighted by molar-refractivity contribution is 0.408. The molecule has 1 unspecified atom stereocenters. The van der Waals surface area contributed by atoms with E-state index in [0.29, 0.717) is 11.4 Å². The minimum Gasteiger partial charge on any atom is -0.496 e. The van der Waals surface area contributed by atoms with Gasteiger partial charge in [-0.3, -0.25) is 0 Å². The first kappa shape index (κ1) is 15.8. The van der Waals surface area contributed by atoms with Crippen LogP contribution < -0.4 is 10.5 Å². The van der Waals surface area contributed by atoms with Crippen molar-refractivity contribution in [1.29, 1.82) is 0 Å². The molecule has 0 heterocycles. The van der Waals surface area contributed by atoms with Crippen LogP contribution in [0.5, 0.6) is 5.75 Å². The van der Waals surface area contributed by atoms with Crippen molar-refractivity contribution in [3.8, 4) is 5.75 Å². The molecule has 0 bridgehead atoms. The lowest BCUT2D eigenvalue weighted by Crippen LogP contribution is -2.14. The fourth-order valence-corrected chi connectivity index (χ4v) is 2.85. The van der Waals surface area contributed by atoms with Gasteiger partial charge in [-0.05, 0) is 63.8 Å². The maximum atomic E-state index is 6.27. The summed E-state index contributed by atoms with van der Waals surface area (Å²) in [5.74, 6) is 0.840. The lowest BCUT2D eigenvalue weighted by atomic mass is 9.99. The Hall–Kier alpha value is -0.550. The number of methoxy groups -OCH3 is 1. The highest BCUT2D eigenvalue weighted by atomic mass is 79.9.